The number of piperidine rings is 1. The Morgan fingerprint density at radius 1 is 0.750 bits per heavy atom. The van der Waals surface area contributed by atoms with Crippen molar-refractivity contribution in [3.8, 4) is 0 Å². The van der Waals surface area contributed by atoms with Crippen molar-refractivity contribution < 1.29 is 9.21 Å². The van der Waals surface area contributed by atoms with E-state index in [2.05, 4.69) is 105 Å². The lowest BCUT2D eigenvalue weighted by molar-refractivity contribution is 0.0654. The van der Waals surface area contributed by atoms with Crippen LogP contribution in [0.4, 0.5) is 0 Å². The summed E-state index contributed by atoms with van der Waals surface area (Å²) in [6.45, 7) is 10.6. The fraction of sp³-hybridized carbons (Fsp3) is 0.361. The Morgan fingerprint density at radius 3 is 1.93 bits per heavy atom. The Hall–Kier alpha value is -3.63. The number of hydrogen-bond donors (Lipinski definition) is 0. The molecule has 1 aliphatic rings. The summed E-state index contributed by atoms with van der Waals surface area (Å²) in [5.74, 6) is 1.91. The van der Waals surface area contributed by atoms with E-state index in [9.17, 15) is 4.79 Å². The molecule has 3 aromatic carbocycles. The van der Waals surface area contributed by atoms with Gasteiger partial charge in [0.05, 0.1) is 6.54 Å². The molecule has 0 unspecified atom stereocenters. The summed E-state index contributed by atoms with van der Waals surface area (Å²) in [5.41, 5.74) is 5.38. The Morgan fingerprint density at radius 2 is 1.32 bits per heavy atom. The average molecular weight is 535 g/mol. The molecule has 4 nitrogen and oxygen atoms in total. The minimum absolute atomic E-state index is 0.0109. The summed E-state index contributed by atoms with van der Waals surface area (Å²) in [4.78, 5) is 17.6. The van der Waals surface area contributed by atoms with Gasteiger partial charge in [-0.1, -0.05) is 106 Å². The highest BCUT2D eigenvalue weighted by atomic mass is 16.4. The van der Waals surface area contributed by atoms with Crippen molar-refractivity contribution in [2.75, 3.05) is 13.1 Å². The summed E-state index contributed by atoms with van der Waals surface area (Å²) >= 11 is 0. The molecule has 208 valence electrons. The normalized spacial score (nSPS) is 14.6. The van der Waals surface area contributed by atoms with Crippen molar-refractivity contribution in [1.82, 2.24) is 9.80 Å². The zero-order valence-electron chi connectivity index (χ0n) is 24.2. The van der Waals surface area contributed by atoms with Crippen LogP contribution in [-0.2, 0) is 31.5 Å². The molecule has 0 bridgehead atoms. The molecule has 0 N–H and O–H groups in total. The van der Waals surface area contributed by atoms with Crippen LogP contribution in [0.3, 0.4) is 0 Å². The molecule has 5 rings (SSSR count). The lowest BCUT2D eigenvalue weighted by atomic mass is 9.87. The minimum atomic E-state index is 0.0109. The molecule has 4 aromatic rings. The van der Waals surface area contributed by atoms with Gasteiger partial charge in [-0.05, 0) is 65.0 Å². The maximum Gasteiger partial charge on any atom is 0.289 e. The van der Waals surface area contributed by atoms with E-state index in [1.165, 1.54) is 22.3 Å². The van der Waals surface area contributed by atoms with Gasteiger partial charge in [-0.2, -0.15) is 0 Å². The number of likely N-dealkylation sites (tertiary alicyclic amines) is 1. The van der Waals surface area contributed by atoms with Crippen molar-refractivity contribution in [1.29, 1.82) is 0 Å². The van der Waals surface area contributed by atoms with E-state index < -0.39 is 0 Å². The van der Waals surface area contributed by atoms with Crippen LogP contribution in [0.1, 0.15) is 72.2 Å². The molecule has 1 aliphatic heterocycles. The van der Waals surface area contributed by atoms with Crippen LogP contribution in [0.15, 0.2) is 101 Å². The molecule has 4 heteroatoms. The van der Waals surface area contributed by atoms with Gasteiger partial charge in [-0.15, -0.1) is 0 Å². The molecule has 1 aromatic heterocycles. The van der Waals surface area contributed by atoms with Crippen LogP contribution in [-0.4, -0.2) is 28.8 Å². The highest BCUT2D eigenvalue weighted by Crippen LogP contribution is 2.25. The first-order chi connectivity index (χ1) is 19.3. The summed E-state index contributed by atoms with van der Waals surface area (Å²) in [5, 5.41) is 0. The Bertz CT molecular complexity index is 1350. The quantitative estimate of drug-likeness (QED) is 0.219. The molecule has 1 fully saturated rings. The number of hydrogen-bond acceptors (Lipinski definition) is 3. The molecule has 0 saturated carbocycles. The summed E-state index contributed by atoms with van der Waals surface area (Å²) in [7, 11) is 0. The number of rotatable bonds is 9. The molecule has 0 radical (unpaired) electrons. The Balaban J connectivity index is 1.21. The second-order valence-corrected chi connectivity index (χ2v) is 12.3. The number of furan rings is 1. The maximum atomic E-state index is 13.3. The monoisotopic (exact) mass is 534 g/mol. The van der Waals surface area contributed by atoms with Gasteiger partial charge < -0.3 is 9.32 Å². The Kier molecular flexibility index (Phi) is 8.86. The zero-order valence-corrected chi connectivity index (χ0v) is 24.2. The van der Waals surface area contributed by atoms with Crippen LogP contribution in [0, 0.1) is 5.92 Å². The highest BCUT2D eigenvalue weighted by molar-refractivity contribution is 5.91. The Labute approximate surface area is 239 Å². The van der Waals surface area contributed by atoms with Crippen LogP contribution in [0.2, 0.25) is 0 Å². The summed E-state index contributed by atoms with van der Waals surface area (Å²) < 4.78 is 6.16. The van der Waals surface area contributed by atoms with Gasteiger partial charge in [0.1, 0.15) is 5.76 Å². The maximum absolute atomic E-state index is 13.3. The van der Waals surface area contributed by atoms with E-state index in [0.29, 0.717) is 18.2 Å². The van der Waals surface area contributed by atoms with E-state index in [1.807, 2.05) is 23.1 Å². The lowest BCUT2D eigenvalue weighted by Crippen LogP contribution is -2.38. The summed E-state index contributed by atoms with van der Waals surface area (Å²) in [6.07, 6.45) is 3.16. The molecule has 1 amide bonds. The van der Waals surface area contributed by atoms with Crippen molar-refractivity contribution in [2.24, 2.45) is 5.92 Å². The number of carbonyl (C=O) groups is 1. The predicted octanol–water partition coefficient (Wildman–Crippen LogP) is 7.87. The van der Waals surface area contributed by atoms with Crippen molar-refractivity contribution in [3.05, 3.63) is 131 Å². The van der Waals surface area contributed by atoms with E-state index in [4.69, 9.17) is 4.42 Å². The second kappa shape index (κ2) is 12.7. The first-order valence-electron chi connectivity index (χ1n) is 14.6. The van der Waals surface area contributed by atoms with Gasteiger partial charge in [-0.3, -0.25) is 9.69 Å². The molecule has 0 aliphatic carbocycles. The van der Waals surface area contributed by atoms with Gasteiger partial charge in [-0.25, -0.2) is 0 Å². The first-order valence-corrected chi connectivity index (χ1v) is 14.6. The molecular formula is C36H42N2O2. The van der Waals surface area contributed by atoms with Crippen LogP contribution >= 0.6 is 0 Å². The first kappa shape index (κ1) is 27.9. The van der Waals surface area contributed by atoms with Gasteiger partial charge >= 0.3 is 0 Å². The predicted molar refractivity (Wildman–Crippen MR) is 162 cm³/mol. The van der Waals surface area contributed by atoms with Crippen molar-refractivity contribution >= 4 is 5.91 Å². The SMILES string of the molecule is CC(C)(C)c1ccc(CN(Cc2ccccc2)Cc2ccc(C(=O)N3CCC(Cc4ccccc4)CC3)o2)cc1. The molecule has 0 spiro atoms. The minimum Gasteiger partial charge on any atom is -0.455 e. The van der Waals surface area contributed by atoms with Crippen molar-refractivity contribution in [3.63, 3.8) is 0 Å². The van der Waals surface area contributed by atoms with Gasteiger partial charge in [0.25, 0.3) is 5.91 Å². The van der Waals surface area contributed by atoms with Crippen LogP contribution < -0.4 is 0 Å². The third-order valence-electron chi connectivity index (χ3n) is 8.00. The smallest absolute Gasteiger partial charge is 0.289 e. The molecule has 40 heavy (non-hydrogen) atoms. The molecular weight excluding hydrogens is 492 g/mol. The number of carbonyl (C=O) groups excluding carboxylic acids is 1. The van der Waals surface area contributed by atoms with Crippen molar-refractivity contribution in [2.45, 2.75) is 65.1 Å². The zero-order chi connectivity index (χ0) is 28.0. The third kappa shape index (κ3) is 7.51. The van der Waals surface area contributed by atoms with Crippen LogP contribution in [0.5, 0.6) is 0 Å². The standard InChI is InChI=1S/C36H42N2O2/c1-36(2,3)32-16-14-31(15-17-32)26-37(25-30-12-8-5-9-13-30)27-33-18-19-34(40-33)35(39)38-22-20-29(21-23-38)24-28-10-6-4-7-11-28/h4-19,29H,20-27H2,1-3H3. The number of benzene rings is 3. The molecule has 2 heterocycles. The highest BCUT2D eigenvalue weighted by Gasteiger charge is 2.26. The van der Waals surface area contributed by atoms with Crippen LogP contribution in [0.25, 0.3) is 0 Å². The second-order valence-electron chi connectivity index (χ2n) is 12.3. The van der Waals surface area contributed by atoms with Gasteiger partial charge in [0, 0.05) is 26.2 Å². The lowest BCUT2D eigenvalue weighted by Gasteiger charge is -2.31. The number of nitrogens with zero attached hydrogens (tertiary/aromatic N) is 2. The molecule has 0 atom stereocenters. The van der Waals surface area contributed by atoms with E-state index >= 15 is 0 Å². The third-order valence-corrected chi connectivity index (χ3v) is 8.00. The largest absolute Gasteiger partial charge is 0.455 e. The van der Waals surface area contributed by atoms with E-state index in [0.717, 1.165) is 51.2 Å². The number of amides is 1. The fourth-order valence-electron chi connectivity index (χ4n) is 5.62. The molecule has 1 saturated heterocycles. The summed E-state index contributed by atoms with van der Waals surface area (Å²) in [6, 6.07) is 34.0. The van der Waals surface area contributed by atoms with Gasteiger partial charge in [0.15, 0.2) is 5.76 Å². The average Bonchev–Trinajstić information content (AvgIpc) is 3.42. The fourth-order valence-corrected chi connectivity index (χ4v) is 5.62. The van der Waals surface area contributed by atoms with Gasteiger partial charge in [0.2, 0.25) is 0 Å². The topological polar surface area (TPSA) is 36.7 Å². The van der Waals surface area contributed by atoms with E-state index in [1.54, 1.807) is 0 Å². The van der Waals surface area contributed by atoms with E-state index in [-0.39, 0.29) is 11.3 Å².